The molecule has 2 aliphatic rings. The summed E-state index contributed by atoms with van der Waals surface area (Å²) in [4.78, 5) is 31.4. The van der Waals surface area contributed by atoms with E-state index < -0.39 is 5.92 Å². The van der Waals surface area contributed by atoms with E-state index in [1.54, 1.807) is 0 Å². The molecule has 0 radical (unpaired) electrons. The molecule has 2 aromatic carbocycles. The minimum Gasteiger partial charge on any atom is -0.465 e. The topological polar surface area (TPSA) is 55.7 Å². The molecule has 1 aliphatic carbocycles. The molecule has 1 heterocycles. The Bertz CT molecular complexity index is 1020. The summed E-state index contributed by atoms with van der Waals surface area (Å²) in [6.45, 7) is 6.27. The summed E-state index contributed by atoms with van der Waals surface area (Å²) in [7, 11) is 0. The van der Waals surface area contributed by atoms with Crippen LogP contribution in [-0.2, 0) is 14.3 Å². The van der Waals surface area contributed by atoms with Crippen LogP contribution in [0.15, 0.2) is 76.9 Å². The van der Waals surface area contributed by atoms with Crippen LogP contribution in [0.25, 0.3) is 0 Å². The van der Waals surface area contributed by atoms with Gasteiger partial charge in [0, 0.05) is 29.3 Å². The summed E-state index contributed by atoms with van der Waals surface area (Å²) in [5.74, 6) is -0.771. The molecule has 0 saturated carbocycles. The van der Waals surface area contributed by atoms with Crippen molar-refractivity contribution in [3.05, 3.63) is 83.1 Å². The Kier molecular flexibility index (Phi) is 6.17. The molecule has 0 spiro atoms. The van der Waals surface area contributed by atoms with Crippen LogP contribution >= 0.6 is 0 Å². The third-order valence-corrected chi connectivity index (χ3v) is 6.13. The molecule has 0 saturated heterocycles. The molecule has 0 fully saturated rings. The number of ketones is 1. The molecule has 4 heteroatoms. The first-order chi connectivity index (χ1) is 15.0. The monoisotopic (exact) mass is 415 g/mol. The van der Waals surface area contributed by atoms with Crippen molar-refractivity contribution in [2.75, 3.05) is 6.61 Å². The summed E-state index contributed by atoms with van der Waals surface area (Å²) < 4.78 is 5.62. The molecule has 4 nitrogen and oxygen atoms in total. The second-order valence-electron chi connectivity index (χ2n) is 8.94. The summed E-state index contributed by atoms with van der Waals surface area (Å²) in [5.41, 5.74) is 4.36. The Balaban J connectivity index is 1.75. The van der Waals surface area contributed by atoms with Crippen LogP contribution in [0, 0.1) is 11.8 Å². The lowest BCUT2D eigenvalue weighted by atomic mass is 9.69. The number of allylic oxidation sites excluding steroid dienone is 2. The van der Waals surface area contributed by atoms with Crippen molar-refractivity contribution in [1.82, 2.24) is 0 Å². The fraction of sp³-hybridized carbons (Fsp3) is 0.370. The van der Waals surface area contributed by atoms with Gasteiger partial charge < -0.3 is 4.74 Å². The Labute approximate surface area is 184 Å². The third kappa shape index (κ3) is 4.39. The van der Waals surface area contributed by atoms with Gasteiger partial charge in [-0.25, -0.2) is 0 Å². The maximum absolute atomic E-state index is 13.5. The zero-order valence-electron chi connectivity index (χ0n) is 18.4. The number of carbonyl (C=O) groups is 2. The standard InChI is InChI=1S/C27H29NO3/c1-17(2)16-31-27(30)24-18(3)28-22-14-21(19-10-6-4-7-11-19)15-23(29)26(22)25(24)20-12-8-5-9-13-20/h4-13,17,21,24-25H,14-16H2,1-3H3/t21-,24?,25-/m0/s1. The van der Waals surface area contributed by atoms with Crippen LogP contribution in [-0.4, -0.2) is 24.1 Å². The predicted molar refractivity (Wildman–Crippen MR) is 122 cm³/mol. The first-order valence-electron chi connectivity index (χ1n) is 11.0. The van der Waals surface area contributed by atoms with E-state index in [9.17, 15) is 9.59 Å². The second kappa shape index (κ2) is 9.01. The third-order valence-electron chi connectivity index (χ3n) is 6.13. The first-order valence-corrected chi connectivity index (χ1v) is 11.0. The first kappa shape index (κ1) is 21.2. The molecular formula is C27H29NO3. The number of hydrogen-bond donors (Lipinski definition) is 0. The van der Waals surface area contributed by atoms with E-state index in [0.717, 1.165) is 22.5 Å². The molecule has 160 valence electrons. The quantitative estimate of drug-likeness (QED) is 0.609. The largest absolute Gasteiger partial charge is 0.465 e. The summed E-state index contributed by atoms with van der Waals surface area (Å²) in [5, 5.41) is 0. The number of carbonyl (C=O) groups excluding carboxylic acids is 2. The molecule has 31 heavy (non-hydrogen) atoms. The van der Waals surface area contributed by atoms with Gasteiger partial charge in [0.15, 0.2) is 5.78 Å². The molecule has 0 N–H and O–H groups in total. The molecule has 0 aromatic heterocycles. The fourth-order valence-corrected chi connectivity index (χ4v) is 4.68. The van der Waals surface area contributed by atoms with E-state index in [1.165, 1.54) is 0 Å². The van der Waals surface area contributed by atoms with Crippen LogP contribution < -0.4 is 0 Å². The van der Waals surface area contributed by atoms with E-state index >= 15 is 0 Å². The van der Waals surface area contributed by atoms with Crippen LogP contribution in [0.2, 0.25) is 0 Å². The van der Waals surface area contributed by atoms with Gasteiger partial charge in [-0.3, -0.25) is 14.6 Å². The number of aliphatic imine (C=N–C) groups is 1. The second-order valence-corrected chi connectivity index (χ2v) is 8.94. The van der Waals surface area contributed by atoms with Gasteiger partial charge in [-0.1, -0.05) is 74.5 Å². The van der Waals surface area contributed by atoms with Gasteiger partial charge in [0.25, 0.3) is 0 Å². The number of ether oxygens (including phenoxy) is 1. The Hall–Kier alpha value is -3.01. The van der Waals surface area contributed by atoms with Crippen molar-refractivity contribution in [2.45, 2.75) is 45.4 Å². The number of Topliss-reactive ketones (excluding diaryl/α,β-unsaturated/α-hetero) is 1. The van der Waals surface area contributed by atoms with Crippen LogP contribution in [0.5, 0.6) is 0 Å². The highest BCUT2D eigenvalue weighted by molar-refractivity contribution is 6.09. The van der Waals surface area contributed by atoms with E-state index in [2.05, 4.69) is 12.1 Å². The molecule has 4 rings (SSSR count). The molecule has 1 aliphatic heterocycles. The highest BCUT2D eigenvalue weighted by atomic mass is 16.5. The summed E-state index contributed by atoms with van der Waals surface area (Å²) >= 11 is 0. The van der Waals surface area contributed by atoms with Crippen LogP contribution in [0.1, 0.15) is 56.6 Å². The maximum Gasteiger partial charge on any atom is 0.315 e. The van der Waals surface area contributed by atoms with Crippen molar-refractivity contribution < 1.29 is 14.3 Å². The SMILES string of the molecule is CC1=NC2=C(C(=O)C[C@@H](c3ccccc3)C2)[C@@H](c2ccccc2)C1C(=O)OCC(C)C. The zero-order chi connectivity index (χ0) is 22.0. The molecule has 1 unspecified atom stereocenters. The summed E-state index contributed by atoms with van der Waals surface area (Å²) in [6.07, 6.45) is 1.15. The number of rotatable bonds is 5. The molecule has 0 amide bonds. The van der Waals surface area contributed by atoms with Gasteiger partial charge in [0.1, 0.15) is 5.92 Å². The van der Waals surface area contributed by atoms with Gasteiger partial charge in [-0.2, -0.15) is 0 Å². The fourth-order valence-electron chi connectivity index (χ4n) is 4.68. The van der Waals surface area contributed by atoms with E-state index in [4.69, 9.17) is 9.73 Å². The lowest BCUT2D eigenvalue weighted by Crippen LogP contribution is -2.38. The van der Waals surface area contributed by atoms with Crippen LogP contribution in [0.4, 0.5) is 0 Å². The summed E-state index contributed by atoms with van der Waals surface area (Å²) in [6, 6.07) is 20.0. The molecular weight excluding hydrogens is 386 g/mol. The number of hydrogen-bond acceptors (Lipinski definition) is 4. The highest BCUT2D eigenvalue weighted by Gasteiger charge is 2.44. The van der Waals surface area contributed by atoms with E-state index in [-0.39, 0.29) is 29.5 Å². The number of nitrogens with zero attached hydrogens (tertiary/aromatic N) is 1. The van der Waals surface area contributed by atoms with Crippen LogP contribution in [0.3, 0.4) is 0 Å². The number of esters is 1. The lowest BCUT2D eigenvalue weighted by Gasteiger charge is -2.36. The Morgan fingerprint density at radius 2 is 1.61 bits per heavy atom. The Morgan fingerprint density at radius 3 is 2.23 bits per heavy atom. The number of benzene rings is 2. The van der Waals surface area contributed by atoms with Crippen molar-refractivity contribution in [3.63, 3.8) is 0 Å². The zero-order valence-corrected chi connectivity index (χ0v) is 18.4. The highest BCUT2D eigenvalue weighted by Crippen LogP contribution is 2.46. The van der Waals surface area contributed by atoms with Crippen molar-refractivity contribution in [3.8, 4) is 0 Å². The lowest BCUT2D eigenvalue weighted by molar-refractivity contribution is -0.147. The van der Waals surface area contributed by atoms with Gasteiger partial charge in [-0.15, -0.1) is 0 Å². The predicted octanol–water partition coefficient (Wildman–Crippen LogP) is 5.46. The smallest absolute Gasteiger partial charge is 0.315 e. The van der Waals surface area contributed by atoms with E-state index in [0.29, 0.717) is 25.0 Å². The molecule has 2 aromatic rings. The average molecular weight is 416 g/mol. The van der Waals surface area contributed by atoms with Gasteiger partial charge >= 0.3 is 5.97 Å². The Morgan fingerprint density at radius 1 is 1.00 bits per heavy atom. The van der Waals surface area contributed by atoms with Gasteiger partial charge in [-0.05, 0) is 36.3 Å². The maximum atomic E-state index is 13.5. The average Bonchev–Trinajstić information content (AvgIpc) is 2.77. The van der Waals surface area contributed by atoms with E-state index in [1.807, 2.05) is 69.3 Å². The minimum atomic E-state index is -0.572. The normalized spacial score (nSPS) is 23.4. The van der Waals surface area contributed by atoms with Crippen molar-refractivity contribution in [1.29, 1.82) is 0 Å². The molecule has 3 atom stereocenters. The minimum absolute atomic E-state index is 0.0851. The van der Waals surface area contributed by atoms with Gasteiger partial charge in [0.2, 0.25) is 0 Å². The van der Waals surface area contributed by atoms with Gasteiger partial charge in [0.05, 0.1) is 6.61 Å². The van der Waals surface area contributed by atoms with Crippen molar-refractivity contribution >= 4 is 17.5 Å². The van der Waals surface area contributed by atoms with Crippen molar-refractivity contribution in [2.24, 2.45) is 16.8 Å². The molecule has 0 bridgehead atoms.